The van der Waals surface area contributed by atoms with Gasteiger partial charge in [-0.05, 0) is 37.3 Å². The average molecular weight is 326 g/mol. The molecule has 1 aliphatic heterocycles. The lowest BCUT2D eigenvalue weighted by Gasteiger charge is -2.39. The minimum absolute atomic E-state index is 0.0413. The number of fused-ring (bicyclic) bond motifs is 1. The molecule has 0 radical (unpaired) electrons. The van der Waals surface area contributed by atoms with Gasteiger partial charge in [-0.3, -0.25) is 4.79 Å². The van der Waals surface area contributed by atoms with Crippen LogP contribution in [0.15, 0.2) is 35.4 Å². The number of hydrogen-bond acceptors (Lipinski definition) is 3. The van der Waals surface area contributed by atoms with Crippen molar-refractivity contribution in [1.29, 1.82) is 0 Å². The van der Waals surface area contributed by atoms with Crippen LogP contribution in [0.1, 0.15) is 36.5 Å². The Morgan fingerprint density at radius 2 is 2.00 bits per heavy atom. The van der Waals surface area contributed by atoms with E-state index in [-0.39, 0.29) is 28.6 Å². The Bertz CT molecular complexity index is 644. The molecule has 1 aliphatic carbocycles. The molecule has 3 unspecified atom stereocenters. The van der Waals surface area contributed by atoms with Gasteiger partial charge in [-0.15, -0.1) is 0 Å². The molecule has 1 amide bonds. The van der Waals surface area contributed by atoms with Crippen molar-refractivity contribution in [2.24, 2.45) is 16.9 Å². The third kappa shape index (κ3) is 2.43. The molecule has 7 heteroatoms. The summed E-state index contributed by atoms with van der Waals surface area (Å²) in [5, 5.41) is 14.6. The Morgan fingerprint density at radius 1 is 1.35 bits per heavy atom. The van der Waals surface area contributed by atoms with Crippen molar-refractivity contribution in [3.05, 3.63) is 35.9 Å². The maximum absolute atomic E-state index is 13.7. The minimum Gasteiger partial charge on any atom is -0.362 e. The first-order valence-corrected chi connectivity index (χ1v) is 7.51. The quantitative estimate of drug-likeness (QED) is 0.862. The monoisotopic (exact) mass is 326 g/mol. The van der Waals surface area contributed by atoms with Gasteiger partial charge in [0.05, 0.1) is 5.92 Å². The molecule has 3 rings (SSSR count). The molecule has 1 N–H and O–H groups in total. The second-order valence-corrected chi connectivity index (χ2v) is 6.23. The Morgan fingerprint density at radius 3 is 2.61 bits per heavy atom. The molecule has 2 aliphatic rings. The number of rotatable bonds is 1. The van der Waals surface area contributed by atoms with E-state index in [2.05, 4.69) is 5.10 Å². The number of carbonyl (C=O) groups is 1. The van der Waals surface area contributed by atoms with Crippen LogP contribution in [0.3, 0.4) is 0 Å². The fourth-order valence-electron chi connectivity index (χ4n) is 3.31. The second-order valence-electron chi connectivity index (χ2n) is 6.23. The van der Waals surface area contributed by atoms with E-state index in [1.165, 1.54) is 12.1 Å². The highest BCUT2D eigenvalue weighted by atomic mass is 19.4. The summed E-state index contributed by atoms with van der Waals surface area (Å²) in [5.74, 6) is -2.10. The third-order valence-electron chi connectivity index (χ3n) is 4.60. The van der Waals surface area contributed by atoms with Crippen molar-refractivity contribution in [2.75, 3.05) is 0 Å². The molecule has 0 saturated heterocycles. The zero-order valence-electron chi connectivity index (χ0n) is 12.5. The van der Waals surface area contributed by atoms with Crippen LogP contribution in [-0.2, 0) is 0 Å². The van der Waals surface area contributed by atoms with Gasteiger partial charge in [0.2, 0.25) is 0 Å². The van der Waals surface area contributed by atoms with E-state index in [4.69, 9.17) is 0 Å². The SMILES string of the molecule is CC1CCC2=NN(C(=O)c3ccccc3)C(O)(C(F)(F)F)C2C1. The number of carbonyl (C=O) groups excluding carboxylic acids is 1. The average Bonchev–Trinajstić information content (AvgIpc) is 2.81. The summed E-state index contributed by atoms with van der Waals surface area (Å²) in [6.45, 7) is 1.84. The largest absolute Gasteiger partial charge is 0.439 e. The maximum Gasteiger partial charge on any atom is 0.439 e. The van der Waals surface area contributed by atoms with Gasteiger partial charge in [0, 0.05) is 11.3 Å². The molecule has 1 aromatic rings. The molecule has 0 aromatic heterocycles. The van der Waals surface area contributed by atoms with Gasteiger partial charge in [0.15, 0.2) is 0 Å². The van der Waals surface area contributed by atoms with E-state index < -0.39 is 23.7 Å². The summed E-state index contributed by atoms with van der Waals surface area (Å²) < 4.78 is 41.0. The summed E-state index contributed by atoms with van der Waals surface area (Å²) in [7, 11) is 0. The number of amides is 1. The highest BCUT2D eigenvalue weighted by Gasteiger charge is 2.68. The number of hydrogen-bond donors (Lipinski definition) is 1. The fourth-order valence-corrected chi connectivity index (χ4v) is 3.31. The molecule has 0 spiro atoms. The summed E-state index contributed by atoms with van der Waals surface area (Å²) in [6, 6.07) is 7.58. The van der Waals surface area contributed by atoms with E-state index in [0.717, 1.165) is 0 Å². The van der Waals surface area contributed by atoms with Gasteiger partial charge in [0.25, 0.3) is 11.6 Å². The Hall–Kier alpha value is -1.89. The smallest absolute Gasteiger partial charge is 0.362 e. The maximum atomic E-state index is 13.7. The van der Waals surface area contributed by atoms with E-state index in [1.807, 2.05) is 6.92 Å². The van der Waals surface area contributed by atoms with Gasteiger partial charge in [-0.2, -0.15) is 23.3 Å². The van der Waals surface area contributed by atoms with Crippen molar-refractivity contribution in [1.82, 2.24) is 5.01 Å². The van der Waals surface area contributed by atoms with Crippen molar-refractivity contribution in [3.8, 4) is 0 Å². The lowest BCUT2D eigenvalue weighted by Crippen LogP contribution is -2.61. The molecule has 4 nitrogen and oxygen atoms in total. The number of alkyl halides is 3. The topological polar surface area (TPSA) is 52.9 Å². The number of nitrogens with zero attached hydrogens (tertiary/aromatic N) is 2. The summed E-state index contributed by atoms with van der Waals surface area (Å²) in [6.07, 6.45) is -3.75. The fraction of sp³-hybridized carbons (Fsp3) is 0.500. The van der Waals surface area contributed by atoms with Crippen LogP contribution in [-0.4, -0.2) is 33.6 Å². The first kappa shape index (κ1) is 16.0. The minimum atomic E-state index is -4.98. The lowest BCUT2D eigenvalue weighted by atomic mass is 9.76. The Labute approximate surface area is 131 Å². The normalized spacial score (nSPS) is 30.8. The van der Waals surface area contributed by atoms with Crippen LogP contribution in [0.2, 0.25) is 0 Å². The van der Waals surface area contributed by atoms with Crippen LogP contribution in [0.4, 0.5) is 13.2 Å². The number of halogens is 3. The van der Waals surface area contributed by atoms with Crippen LogP contribution in [0, 0.1) is 11.8 Å². The lowest BCUT2D eigenvalue weighted by molar-refractivity contribution is -0.313. The predicted octanol–water partition coefficient (Wildman–Crippen LogP) is 3.19. The molecule has 1 fully saturated rings. The van der Waals surface area contributed by atoms with Gasteiger partial charge in [-0.1, -0.05) is 25.1 Å². The zero-order valence-corrected chi connectivity index (χ0v) is 12.5. The van der Waals surface area contributed by atoms with Crippen LogP contribution in [0.5, 0.6) is 0 Å². The van der Waals surface area contributed by atoms with Crippen LogP contribution < -0.4 is 0 Å². The molecule has 1 heterocycles. The van der Waals surface area contributed by atoms with E-state index in [1.54, 1.807) is 18.2 Å². The molecular formula is C16H17F3N2O2. The van der Waals surface area contributed by atoms with Gasteiger partial charge in [-0.25, -0.2) is 0 Å². The van der Waals surface area contributed by atoms with Gasteiger partial charge < -0.3 is 5.11 Å². The van der Waals surface area contributed by atoms with E-state index >= 15 is 0 Å². The first-order chi connectivity index (χ1) is 10.7. The summed E-state index contributed by atoms with van der Waals surface area (Å²) in [4.78, 5) is 12.5. The standard InChI is InChI=1S/C16H17F3N2O2/c1-10-7-8-13-12(9-10)15(23,16(17,18)19)21(20-13)14(22)11-5-3-2-4-6-11/h2-6,10,12,23H,7-9H2,1H3. The van der Waals surface area contributed by atoms with Crippen LogP contribution in [0.25, 0.3) is 0 Å². The highest BCUT2D eigenvalue weighted by Crippen LogP contribution is 2.49. The van der Waals surface area contributed by atoms with Gasteiger partial charge in [0.1, 0.15) is 0 Å². The predicted molar refractivity (Wildman–Crippen MR) is 77.6 cm³/mol. The molecule has 124 valence electrons. The highest BCUT2D eigenvalue weighted by molar-refractivity contribution is 5.99. The van der Waals surface area contributed by atoms with Gasteiger partial charge >= 0.3 is 6.18 Å². The number of aliphatic hydroxyl groups is 1. The molecule has 1 aromatic carbocycles. The van der Waals surface area contributed by atoms with Crippen molar-refractivity contribution in [2.45, 2.75) is 38.1 Å². The number of benzene rings is 1. The number of hydrazone groups is 1. The second kappa shape index (κ2) is 5.33. The molecule has 0 bridgehead atoms. The molecule has 23 heavy (non-hydrogen) atoms. The Balaban J connectivity index is 2.04. The van der Waals surface area contributed by atoms with E-state index in [0.29, 0.717) is 12.8 Å². The summed E-state index contributed by atoms with van der Waals surface area (Å²) >= 11 is 0. The zero-order chi connectivity index (χ0) is 16.8. The van der Waals surface area contributed by atoms with Crippen molar-refractivity contribution < 1.29 is 23.1 Å². The third-order valence-corrected chi connectivity index (χ3v) is 4.60. The van der Waals surface area contributed by atoms with Crippen LogP contribution >= 0.6 is 0 Å². The van der Waals surface area contributed by atoms with Crippen molar-refractivity contribution >= 4 is 11.6 Å². The summed E-state index contributed by atoms with van der Waals surface area (Å²) in [5.41, 5.74) is -2.96. The molecule has 1 saturated carbocycles. The molecule has 3 atom stereocenters. The first-order valence-electron chi connectivity index (χ1n) is 7.51. The molecular weight excluding hydrogens is 309 g/mol. The van der Waals surface area contributed by atoms with Crippen molar-refractivity contribution in [3.63, 3.8) is 0 Å². The van der Waals surface area contributed by atoms with E-state index in [9.17, 15) is 23.1 Å². The Kier molecular flexibility index (Phi) is 3.71.